The summed E-state index contributed by atoms with van der Waals surface area (Å²) in [6.45, 7) is 2.49. The number of carbonyl (C=O) groups is 2. The molecular weight excluding hydrogens is 289 g/mol. The molecule has 1 fully saturated rings. The first-order chi connectivity index (χ1) is 9.65. The van der Waals surface area contributed by atoms with Gasteiger partial charge in [-0.15, -0.1) is 0 Å². The Kier molecular flexibility index (Phi) is 6.00. The van der Waals surface area contributed by atoms with Crippen molar-refractivity contribution in [3.05, 3.63) is 0 Å². The molecule has 0 aromatic heterocycles. The fraction of sp³-hybridized carbons (Fsp3) is 0.846. The monoisotopic (exact) mass is 310 g/mol. The zero-order valence-corrected chi connectivity index (χ0v) is 12.2. The Morgan fingerprint density at radius 3 is 2.52 bits per heavy atom. The number of halogens is 3. The van der Waals surface area contributed by atoms with Crippen LogP contribution in [0.1, 0.15) is 26.7 Å². The van der Waals surface area contributed by atoms with E-state index in [1.807, 2.05) is 0 Å². The minimum absolute atomic E-state index is 0.0106. The van der Waals surface area contributed by atoms with Gasteiger partial charge in [0, 0.05) is 13.1 Å². The van der Waals surface area contributed by atoms with Crippen molar-refractivity contribution in [3.8, 4) is 0 Å². The summed E-state index contributed by atoms with van der Waals surface area (Å²) >= 11 is 0. The summed E-state index contributed by atoms with van der Waals surface area (Å²) in [5.74, 6) is -2.11. The summed E-state index contributed by atoms with van der Waals surface area (Å²) in [5, 5.41) is 8.98. The van der Waals surface area contributed by atoms with Crippen LogP contribution in [-0.4, -0.2) is 65.2 Å². The van der Waals surface area contributed by atoms with Crippen LogP contribution in [-0.2, 0) is 9.59 Å². The van der Waals surface area contributed by atoms with E-state index in [1.165, 1.54) is 13.8 Å². The van der Waals surface area contributed by atoms with E-state index in [0.717, 1.165) is 4.90 Å². The Balaban J connectivity index is 2.70. The number of alkyl halides is 3. The second-order valence-electron chi connectivity index (χ2n) is 5.32. The zero-order chi connectivity index (χ0) is 16.2. The van der Waals surface area contributed by atoms with Crippen molar-refractivity contribution in [1.29, 1.82) is 0 Å². The average Bonchev–Trinajstić information content (AvgIpc) is 2.42. The molecule has 1 heterocycles. The van der Waals surface area contributed by atoms with Crippen LogP contribution in [0.5, 0.6) is 0 Å². The quantitative estimate of drug-likeness (QED) is 0.837. The predicted octanol–water partition coefficient (Wildman–Crippen LogP) is 1.58. The number of likely N-dealkylation sites (tertiary alicyclic amines) is 1. The van der Waals surface area contributed by atoms with Gasteiger partial charge in [0.05, 0.1) is 5.92 Å². The number of carboxylic acids is 1. The number of piperidine rings is 1. The molecule has 1 N–H and O–H groups in total. The van der Waals surface area contributed by atoms with Gasteiger partial charge >= 0.3 is 12.1 Å². The smallest absolute Gasteiger partial charge is 0.406 e. The normalized spacial score (nSPS) is 21.9. The van der Waals surface area contributed by atoms with Crippen molar-refractivity contribution in [2.75, 3.05) is 26.2 Å². The predicted molar refractivity (Wildman–Crippen MR) is 69.7 cm³/mol. The Morgan fingerprint density at radius 2 is 2.05 bits per heavy atom. The van der Waals surface area contributed by atoms with E-state index in [9.17, 15) is 22.8 Å². The molecule has 0 aromatic rings. The molecular formula is C13H21F3N2O3. The van der Waals surface area contributed by atoms with Crippen LogP contribution in [0, 0.1) is 5.92 Å². The third-order valence-corrected chi connectivity index (χ3v) is 3.77. The summed E-state index contributed by atoms with van der Waals surface area (Å²) in [5.41, 5.74) is 0. The van der Waals surface area contributed by atoms with Gasteiger partial charge in [-0.2, -0.15) is 13.2 Å². The van der Waals surface area contributed by atoms with Crippen molar-refractivity contribution < 1.29 is 27.9 Å². The number of hydrogen-bond acceptors (Lipinski definition) is 3. The third kappa shape index (κ3) is 5.18. The van der Waals surface area contributed by atoms with E-state index in [4.69, 9.17) is 5.11 Å². The highest BCUT2D eigenvalue weighted by molar-refractivity contribution is 5.79. The largest absolute Gasteiger partial charge is 0.480 e. The van der Waals surface area contributed by atoms with Crippen molar-refractivity contribution in [2.45, 2.75) is 38.9 Å². The van der Waals surface area contributed by atoms with Gasteiger partial charge in [-0.05, 0) is 33.2 Å². The van der Waals surface area contributed by atoms with Gasteiger partial charge < -0.3 is 10.0 Å². The van der Waals surface area contributed by atoms with Gasteiger partial charge in [-0.1, -0.05) is 0 Å². The highest BCUT2D eigenvalue weighted by Crippen LogP contribution is 2.23. The van der Waals surface area contributed by atoms with Gasteiger partial charge in [0.2, 0.25) is 5.91 Å². The van der Waals surface area contributed by atoms with Crippen LogP contribution >= 0.6 is 0 Å². The maximum Gasteiger partial charge on any atom is 0.406 e. The Morgan fingerprint density at radius 1 is 1.43 bits per heavy atom. The van der Waals surface area contributed by atoms with Gasteiger partial charge in [-0.3, -0.25) is 14.5 Å². The highest BCUT2D eigenvalue weighted by atomic mass is 19.4. The van der Waals surface area contributed by atoms with Crippen molar-refractivity contribution in [1.82, 2.24) is 9.80 Å². The van der Waals surface area contributed by atoms with Gasteiger partial charge in [0.1, 0.15) is 12.6 Å². The minimum atomic E-state index is -4.42. The van der Waals surface area contributed by atoms with E-state index in [-0.39, 0.29) is 13.1 Å². The molecule has 0 aromatic carbocycles. The lowest BCUT2D eigenvalue weighted by Crippen LogP contribution is -2.50. The first kappa shape index (κ1) is 17.7. The van der Waals surface area contributed by atoms with Crippen LogP contribution in [0.3, 0.4) is 0 Å². The van der Waals surface area contributed by atoms with Crippen LogP contribution < -0.4 is 0 Å². The lowest BCUT2D eigenvalue weighted by atomic mass is 9.95. The molecule has 0 radical (unpaired) electrons. The molecule has 1 saturated heterocycles. The van der Waals surface area contributed by atoms with Gasteiger partial charge in [-0.25, -0.2) is 0 Å². The van der Waals surface area contributed by atoms with Crippen molar-refractivity contribution in [3.63, 3.8) is 0 Å². The van der Waals surface area contributed by atoms with Gasteiger partial charge in [0.25, 0.3) is 0 Å². The molecule has 0 spiro atoms. The molecule has 0 aliphatic carbocycles. The lowest BCUT2D eigenvalue weighted by molar-refractivity contribution is -0.164. The van der Waals surface area contributed by atoms with Crippen LogP contribution in [0.25, 0.3) is 0 Å². The fourth-order valence-corrected chi connectivity index (χ4v) is 2.54. The van der Waals surface area contributed by atoms with Crippen LogP contribution in [0.4, 0.5) is 13.2 Å². The zero-order valence-electron chi connectivity index (χ0n) is 12.2. The van der Waals surface area contributed by atoms with Crippen LogP contribution in [0.2, 0.25) is 0 Å². The molecule has 1 rings (SSSR count). The first-order valence-corrected chi connectivity index (χ1v) is 6.98. The third-order valence-electron chi connectivity index (χ3n) is 3.77. The van der Waals surface area contributed by atoms with E-state index in [1.54, 1.807) is 4.90 Å². The molecule has 122 valence electrons. The highest BCUT2D eigenvalue weighted by Gasteiger charge is 2.37. The summed E-state index contributed by atoms with van der Waals surface area (Å²) in [7, 11) is 0. The summed E-state index contributed by atoms with van der Waals surface area (Å²) in [6.07, 6.45) is -3.32. The average molecular weight is 310 g/mol. The lowest BCUT2D eigenvalue weighted by Gasteiger charge is -2.36. The van der Waals surface area contributed by atoms with Crippen LogP contribution in [0.15, 0.2) is 0 Å². The van der Waals surface area contributed by atoms with E-state index in [0.29, 0.717) is 19.4 Å². The standard InChI is InChI=1S/C13H21F3N2O3/c1-3-17(8-13(14,15)16)11(19)10-5-4-6-18(7-10)9(2)12(20)21/h9-10H,3-8H2,1-2H3,(H,20,21)/t9-,10+/m1/s1. The molecule has 2 atom stereocenters. The topological polar surface area (TPSA) is 60.9 Å². The fourth-order valence-electron chi connectivity index (χ4n) is 2.54. The Labute approximate surface area is 121 Å². The first-order valence-electron chi connectivity index (χ1n) is 6.98. The maximum atomic E-state index is 12.4. The molecule has 5 nitrogen and oxygen atoms in total. The number of nitrogens with zero attached hydrogens (tertiary/aromatic N) is 2. The maximum absolute atomic E-state index is 12.4. The summed E-state index contributed by atoms with van der Waals surface area (Å²) in [4.78, 5) is 25.6. The minimum Gasteiger partial charge on any atom is -0.480 e. The van der Waals surface area contributed by atoms with Crippen molar-refractivity contribution >= 4 is 11.9 Å². The van der Waals surface area contributed by atoms with Gasteiger partial charge in [0.15, 0.2) is 0 Å². The SMILES string of the molecule is CCN(CC(F)(F)F)C(=O)[C@H]1CCCN([C@H](C)C(=O)O)C1. The molecule has 0 bridgehead atoms. The number of carbonyl (C=O) groups excluding carboxylic acids is 1. The number of carboxylic acid groups (broad SMARTS) is 1. The summed E-state index contributed by atoms with van der Waals surface area (Å²) < 4.78 is 37.3. The number of amides is 1. The van der Waals surface area contributed by atoms with E-state index >= 15 is 0 Å². The second-order valence-corrected chi connectivity index (χ2v) is 5.32. The van der Waals surface area contributed by atoms with Crippen molar-refractivity contribution in [2.24, 2.45) is 5.92 Å². The second kappa shape index (κ2) is 7.11. The van der Waals surface area contributed by atoms with E-state index < -0.39 is 36.6 Å². The number of hydrogen-bond donors (Lipinski definition) is 1. The molecule has 1 aliphatic rings. The Bertz CT molecular complexity index is 387. The molecule has 1 aliphatic heterocycles. The molecule has 0 unspecified atom stereocenters. The summed E-state index contributed by atoms with van der Waals surface area (Å²) in [6, 6.07) is -0.738. The number of rotatable bonds is 5. The number of aliphatic carboxylic acids is 1. The molecule has 0 saturated carbocycles. The molecule has 8 heteroatoms. The molecule has 1 amide bonds. The molecule has 21 heavy (non-hydrogen) atoms. The Hall–Kier alpha value is -1.31. The van der Waals surface area contributed by atoms with E-state index in [2.05, 4.69) is 0 Å².